The number of nitrogens with zero attached hydrogens (tertiary/aromatic N) is 1. The summed E-state index contributed by atoms with van der Waals surface area (Å²) >= 11 is 0. The van der Waals surface area contributed by atoms with E-state index < -0.39 is 27.8 Å². The summed E-state index contributed by atoms with van der Waals surface area (Å²) in [6.45, 7) is 1.67. The van der Waals surface area contributed by atoms with E-state index in [-0.39, 0.29) is 12.2 Å². The monoisotopic (exact) mass is 324 g/mol. The number of nitrogens with one attached hydrogen (secondary N) is 1. The number of carbonyl (C=O) groups is 1. The average molecular weight is 324 g/mol. The maximum Gasteiger partial charge on any atom is 0.322 e. The fourth-order valence-corrected chi connectivity index (χ4v) is 3.17. The van der Waals surface area contributed by atoms with Crippen molar-refractivity contribution in [2.75, 3.05) is 0 Å². The van der Waals surface area contributed by atoms with Crippen LogP contribution in [0.2, 0.25) is 0 Å². The molecule has 2 aromatic rings. The summed E-state index contributed by atoms with van der Waals surface area (Å²) in [5.41, 5.74) is 1.29. The van der Waals surface area contributed by atoms with Crippen molar-refractivity contribution >= 4 is 16.0 Å². The molecule has 1 heterocycles. The van der Waals surface area contributed by atoms with Gasteiger partial charge in [-0.05, 0) is 18.9 Å². The first-order chi connectivity index (χ1) is 10.4. The van der Waals surface area contributed by atoms with Crippen molar-refractivity contribution < 1.29 is 22.8 Å². The van der Waals surface area contributed by atoms with Gasteiger partial charge in [0.05, 0.1) is 5.69 Å². The Morgan fingerprint density at radius 2 is 2.05 bits per heavy atom. The summed E-state index contributed by atoms with van der Waals surface area (Å²) < 4.78 is 31.1. The average Bonchev–Trinajstić information content (AvgIpc) is 2.83. The van der Waals surface area contributed by atoms with Crippen molar-refractivity contribution in [3.8, 4) is 0 Å². The van der Waals surface area contributed by atoms with E-state index in [9.17, 15) is 18.3 Å². The van der Waals surface area contributed by atoms with Crippen molar-refractivity contribution in [1.82, 2.24) is 9.88 Å². The molecule has 0 aliphatic carbocycles. The van der Waals surface area contributed by atoms with Gasteiger partial charge in [-0.1, -0.05) is 35.5 Å². The van der Waals surface area contributed by atoms with Crippen LogP contribution in [-0.4, -0.2) is 30.7 Å². The highest BCUT2D eigenvalue weighted by molar-refractivity contribution is 7.88. The molecule has 118 valence electrons. The number of rotatable bonds is 7. The first-order valence-electron chi connectivity index (χ1n) is 6.54. The van der Waals surface area contributed by atoms with Crippen molar-refractivity contribution in [3.05, 3.63) is 53.4 Å². The van der Waals surface area contributed by atoms with Gasteiger partial charge in [-0.25, -0.2) is 13.1 Å². The van der Waals surface area contributed by atoms with Crippen LogP contribution < -0.4 is 4.72 Å². The molecule has 0 amide bonds. The SMILES string of the molecule is Cc1cc(CS(=O)(=O)N[C@@H](Cc2ccccc2)C(=O)O)on1. The first kappa shape index (κ1) is 16.2. The van der Waals surface area contributed by atoms with E-state index >= 15 is 0 Å². The summed E-state index contributed by atoms with van der Waals surface area (Å²) in [6.07, 6.45) is 0.0604. The highest BCUT2D eigenvalue weighted by Crippen LogP contribution is 2.09. The summed E-state index contributed by atoms with van der Waals surface area (Å²) in [7, 11) is -3.85. The number of hydrogen-bond donors (Lipinski definition) is 2. The number of carboxylic acids is 1. The molecule has 2 N–H and O–H groups in total. The van der Waals surface area contributed by atoms with Gasteiger partial charge in [-0.3, -0.25) is 4.79 Å². The Hall–Kier alpha value is -2.19. The zero-order valence-corrected chi connectivity index (χ0v) is 12.7. The van der Waals surface area contributed by atoms with Crippen molar-refractivity contribution in [1.29, 1.82) is 0 Å². The second kappa shape index (κ2) is 6.71. The van der Waals surface area contributed by atoms with E-state index in [1.165, 1.54) is 6.07 Å². The number of aryl methyl sites for hydroxylation is 1. The molecular formula is C14H16N2O5S. The number of sulfonamides is 1. The summed E-state index contributed by atoms with van der Waals surface area (Å²) in [5, 5.41) is 12.8. The molecule has 1 aromatic carbocycles. The Labute approximate surface area is 128 Å². The lowest BCUT2D eigenvalue weighted by Crippen LogP contribution is -2.42. The van der Waals surface area contributed by atoms with Gasteiger partial charge in [-0.2, -0.15) is 0 Å². The molecule has 0 aliphatic heterocycles. The largest absolute Gasteiger partial charge is 0.480 e. The molecule has 1 atom stereocenters. The van der Waals surface area contributed by atoms with Gasteiger partial charge in [0.1, 0.15) is 11.8 Å². The first-order valence-corrected chi connectivity index (χ1v) is 8.20. The Bertz CT molecular complexity index is 740. The lowest BCUT2D eigenvalue weighted by atomic mass is 10.1. The minimum Gasteiger partial charge on any atom is -0.480 e. The second-order valence-corrected chi connectivity index (χ2v) is 6.65. The summed E-state index contributed by atoms with van der Waals surface area (Å²) in [4.78, 5) is 11.3. The maximum absolute atomic E-state index is 12.1. The van der Waals surface area contributed by atoms with Gasteiger partial charge in [0.15, 0.2) is 5.76 Å². The van der Waals surface area contributed by atoms with Gasteiger partial charge in [0, 0.05) is 6.07 Å². The topological polar surface area (TPSA) is 110 Å². The minimum atomic E-state index is -3.85. The van der Waals surface area contributed by atoms with Crippen molar-refractivity contribution in [3.63, 3.8) is 0 Å². The quantitative estimate of drug-likeness (QED) is 0.789. The van der Waals surface area contributed by atoms with E-state index in [2.05, 4.69) is 9.88 Å². The molecule has 0 spiro atoms. The van der Waals surface area contributed by atoms with Gasteiger partial charge < -0.3 is 9.63 Å². The standard InChI is InChI=1S/C14H16N2O5S/c1-10-7-12(21-15-10)9-22(19,20)16-13(14(17)18)8-11-5-3-2-4-6-11/h2-7,13,16H,8-9H2,1H3,(H,17,18)/t13-/m0/s1. The molecule has 0 bridgehead atoms. The van der Waals surface area contributed by atoms with Crippen LogP contribution in [0.25, 0.3) is 0 Å². The minimum absolute atomic E-state index is 0.0604. The summed E-state index contributed by atoms with van der Waals surface area (Å²) in [5.74, 6) is -1.53. The van der Waals surface area contributed by atoms with Crippen molar-refractivity contribution in [2.45, 2.75) is 25.1 Å². The third kappa shape index (κ3) is 4.68. The fraction of sp³-hybridized carbons (Fsp3) is 0.286. The van der Waals surface area contributed by atoms with E-state index in [1.54, 1.807) is 37.3 Å². The Morgan fingerprint density at radius 1 is 1.36 bits per heavy atom. The van der Waals surface area contributed by atoms with Crippen LogP contribution in [0, 0.1) is 6.92 Å². The third-order valence-electron chi connectivity index (χ3n) is 2.91. The van der Waals surface area contributed by atoms with Crippen molar-refractivity contribution in [2.24, 2.45) is 0 Å². The zero-order valence-electron chi connectivity index (χ0n) is 11.9. The predicted molar refractivity (Wildman–Crippen MR) is 78.6 cm³/mol. The van der Waals surface area contributed by atoms with Gasteiger partial charge >= 0.3 is 5.97 Å². The van der Waals surface area contributed by atoms with Crippen LogP contribution in [0.3, 0.4) is 0 Å². The Morgan fingerprint density at radius 3 is 2.59 bits per heavy atom. The lowest BCUT2D eigenvalue weighted by molar-refractivity contribution is -0.138. The molecule has 7 nitrogen and oxygen atoms in total. The summed E-state index contributed by atoms with van der Waals surface area (Å²) in [6, 6.07) is 9.06. The second-order valence-electron chi connectivity index (χ2n) is 4.89. The molecular weight excluding hydrogens is 308 g/mol. The molecule has 0 saturated heterocycles. The van der Waals surface area contributed by atoms with E-state index in [1.807, 2.05) is 0 Å². The fourth-order valence-electron chi connectivity index (χ4n) is 1.96. The molecule has 0 radical (unpaired) electrons. The number of aliphatic carboxylic acids is 1. The molecule has 0 aliphatic rings. The molecule has 0 unspecified atom stereocenters. The van der Waals surface area contributed by atoms with Crippen LogP contribution in [0.5, 0.6) is 0 Å². The Balaban J connectivity index is 2.08. The molecule has 1 aromatic heterocycles. The maximum atomic E-state index is 12.1. The van der Waals surface area contributed by atoms with E-state index in [4.69, 9.17) is 4.52 Å². The normalized spacial score (nSPS) is 13.0. The van der Waals surface area contributed by atoms with Crippen LogP contribution in [0.4, 0.5) is 0 Å². The molecule has 0 saturated carbocycles. The van der Waals surface area contributed by atoms with Gasteiger partial charge in [0.2, 0.25) is 10.0 Å². The van der Waals surface area contributed by atoms with Crippen LogP contribution in [0.1, 0.15) is 17.0 Å². The molecule has 8 heteroatoms. The lowest BCUT2D eigenvalue weighted by Gasteiger charge is -2.14. The number of benzene rings is 1. The molecule has 22 heavy (non-hydrogen) atoms. The Kier molecular flexibility index (Phi) is 4.94. The van der Waals surface area contributed by atoms with Gasteiger partial charge in [-0.15, -0.1) is 0 Å². The number of carboxylic acid groups (broad SMARTS) is 1. The zero-order chi connectivity index (χ0) is 16.2. The van der Waals surface area contributed by atoms with Gasteiger partial charge in [0.25, 0.3) is 0 Å². The van der Waals surface area contributed by atoms with Crippen LogP contribution >= 0.6 is 0 Å². The molecule has 0 fully saturated rings. The predicted octanol–water partition coefficient (Wildman–Crippen LogP) is 1.10. The molecule has 2 rings (SSSR count). The number of aromatic nitrogens is 1. The highest BCUT2D eigenvalue weighted by Gasteiger charge is 2.25. The van der Waals surface area contributed by atoms with E-state index in [0.717, 1.165) is 5.56 Å². The van der Waals surface area contributed by atoms with E-state index in [0.29, 0.717) is 5.69 Å². The third-order valence-corrected chi connectivity index (χ3v) is 4.22. The van der Waals surface area contributed by atoms with Crippen LogP contribution in [0.15, 0.2) is 40.9 Å². The van der Waals surface area contributed by atoms with Crippen LogP contribution in [-0.2, 0) is 27.0 Å². The number of hydrogen-bond acceptors (Lipinski definition) is 5. The highest BCUT2D eigenvalue weighted by atomic mass is 32.2. The smallest absolute Gasteiger partial charge is 0.322 e.